The molecule has 1 amide bonds. The molecule has 1 heterocycles. The van der Waals surface area contributed by atoms with Gasteiger partial charge in [-0.1, -0.05) is 35.1 Å². The monoisotopic (exact) mass is 296 g/mol. The van der Waals surface area contributed by atoms with Gasteiger partial charge >= 0.3 is 0 Å². The summed E-state index contributed by atoms with van der Waals surface area (Å²) < 4.78 is 0. The number of benzene rings is 1. The molecule has 0 saturated carbocycles. The van der Waals surface area contributed by atoms with Crippen LogP contribution in [0, 0.1) is 0 Å². The number of rotatable bonds is 4. The molecule has 2 rings (SSSR count). The quantitative estimate of drug-likeness (QED) is 0.809. The smallest absolute Gasteiger partial charge is 0.265 e. The fraction of sp³-hybridized carbons (Fsp3) is 0.167. The minimum Gasteiger partial charge on any atom is -0.382 e. The van der Waals surface area contributed by atoms with E-state index in [0.29, 0.717) is 21.6 Å². The maximum absolute atomic E-state index is 12.0. The third-order valence-corrected chi connectivity index (χ3v) is 3.78. The van der Waals surface area contributed by atoms with Crippen molar-refractivity contribution >= 4 is 39.8 Å². The number of nitrogens with zero attached hydrogens (tertiary/aromatic N) is 1. The van der Waals surface area contributed by atoms with E-state index in [1.807, 2.05) is 12.1 Å². The molecule has 2 aromatic rings. The summed E-state index contributed by atoms with van der Waals surface area (Å²) in [5.74, 6) is 0.00871. The minimum atomic E-state index is -0.230. The van der Waals surface area contributed by atoms with Gasteiger partial charge in [-0.25, -0.2) is 4.98 Å². The number of carbonyl (C=O) groups excluding carboxylic acids is 1. The molecule has 1 aromatic carbocycles. The van der Waals surface area contributed by atoms with Crippen LogP contribution in [0.1, 0.15) is 15.2 Å². The van der Waals surface area contributed by atoms with Crippen molar-refractivity contribution in [2.24, 2.45) is 0 Å². The Bertz CT molecular complexity index is 582. The van der Waals surface area contributed by atoms with E-state index in [4.69, 9.17) is 17.3 Å². The molecule has 5 nitrogen and oxygen atoms in total. The lowest BCUT2D eigenvalue weighted by Crippen LogP contribution is -2.22. The number of amides is 1. The molecule has 19 heavy (non-hydrogen) atoms. The highest BCUT2D eigenvalue weighted by atomic mass is 35.5. The van der Waals surface area contributed by atoms with E-state index in [-0.39, 0.29) is 11.7 Å². The van der Waals surface area contributed by atoms with Gasteiger partial charge in [0.1, 0.15) is 10.7 Å². The number of nitrogen functional groups attached to an aromatic ring is 1. The second kappa shape index (κ2) is 5.90. The van der Waals surface area contributed by atoms with E-state index in [2.05, 4.69) is 15.6 Å². The fourth-order valence-corrected chi connectivity index (χ4v) is 2.35. The highest BCUT2D eigenvalue weighted by Crippen LogP contribution is 2.24. The van der Waals surface area contributed by atoms with E-state index in [0.717, 1.165) is 5.56 Å². The van der Waals surface area contributed by atoms with Crippen LogP contribution >= 0.6 is 22.9 Å². The first-order valence-electron chi connectivity index (χ1n) is 5.57. The average Bonchev–Trinajstić information content (AvgIpc) is 2.79. The molecule has 0 bridgehead atoms. The zero-order valence-corrected chi connectivity index (χ0v) is 11.8. The number of nitrogens with two attached hydrogens (primary N) is 1. The number of nitrogens with one attached hydrogen (secondary N) is 2. The Balaban J connectivity index is 2.01. The van der Waals surface area contributed by atoms with Crippen molar-refractivity contribution in [1.82, 2.24) is 10.3 Å². The molecule has 0 atom stereocenters. The number of halogens is 1. The summed E-state index contributed by atoms with van der Waals surface area (Å²) >= 11 is 7.02. The van der Waals surface area contributed by atoms with Crippen LogP contribution in [0.5, 0.6) is 0 Å². The van der Waals surface area contributed by atoms with Gasteiger partial charge in [-0.05, 0) is 17.7 Å². The van der Waals surface area contributed by atoms with Gasteiger partial charge in [-0.15, -0.1) is 0 Å². The van der Waals surface area contributed by atoms with Crippen molar-refractivity contribution < 1.29 is 4.79 Å². The first-order valence-corrected chi connectivity index (χ1v) is 6.76. The second-order valence-electron chi connectivity index (χ2n) is 3.79. The van der Waals surface area contributed by atoms with Gasteiger partial charge in [0.25, 0.3) is 5.91 Å². The summed E-state index contributed by atoms with van der Waals surface area (Å²) in [5.41, 5.74) is 6.65. The van der Waals surface area contributed by atoms with Crippen LogP contribution in [0.2, 0.25) is 5.02 Å². The summed E-state index contributed by atoms with van der Waals surface area (Å²) in [6, 6.07) is 7.28. The highest BCUT2D eigenvalue weighted by Gasteiger charge is 2.15. The topological polar surface area (TPSA) is 80.0 Å². The van der Waals surface area contributed by atoms with E-state index < -0.39 is 0 Å². The fourth-order valence-electron chi connectivity index (χ4n) is 1.47. The van der Waals surface area contributed by atoms with E-state index in [9.17, 15) is 4.79 Å². The SMILES string of the molecule is CNc1nc(N)c(C(=O)NCc2ccc(Cl)cc2)s1. The van der Waals surface area contributed by atoms with Gasteiger partial charge in [0.15, 0.2) is 5.13 Å². The largest absolute Gasteiger partial charge is 0.382 e. The van der Waals surface area contributed by atoms with Crippen LogP contribution < -0.4 is 16.4 Å². The molecule has 100 valence electrons. The van der Waals surface area contributed by atoms with Crippen LogP contribution in [0.4, 0.5) is 10.9 Å². The normalized spacial score (nSPS) is 10.2. The Morgan fingerprint density at radius 1 is 1.42 bits per heavy atom. The Labute approximate surface area is 119 Å². The van der Waals surface area contributed by atoms with Crippen molar-refractivity contribution in [2.45, 2.75) is 6.54 Å². The Morgan fingerprint density at radius 3 is 2.68 bits per heavy atom. The second-order valence-corrected chi connectivity index (χ2v) is 5.23. The maximum Gasteiger partial charge on any atom is 0.265 e. The summed E-state index contributed by atoms with van der Waals surface area (Å²) in [6.45, 7) is 0.419. The van der Waals surface area contributed by atoms with Gasteiger partial charge in [0.05, 0.1) is 0 Å². The predicted octanol–water partition coefficient (Wildman–Crippen LogP) is 2.35. The summed E-state index contributed by atoms with van der Waals surface area (Å²) in [5, 5.41) is 6.94. The van der Waals surface area contributed by atoms with E-state index in [1.165, 1.54) is 11.3 Å². The summed E-state index contributed by atoms with van der Waals surface area (Å²) in [4.78, 5) is 16.4. The average molecular weight is 297 g/mol. The number of carbonyl (C=O) groups is 1. The molecule has 7 heteroatoms. The number of anilines is 2. The number of aromatic nitrogens is 1. The number of thiazole rings is 1. The zero-order valence-electron chi connectivity index (χ0n) is 10.2. The van der Waals surface area contributed by atoms with Crippen molar-refractivity contribution in [2.75, 3.05) is 18.1 Å². The van der Waals surface area contributed by atoms with Crippen molar-refractivity contribution in [3.8, 4) is 0 Å². The number of hydrogen-bond acceptors (Lipinski definition) is 5. The maximum atomic E-state index is 12.0. The van der Waals surface area contributed by atoms with E-state index in [1.54, 1.807) is 19.2 Å². The van der Waals surface area contributed by atoms with Crippen LogP contribution in [0.15, 0.2) is 24.3 Å². The standard InChI is InChI=1S/C12H13ClN4OS/c1-15-12-17-10(14)9(19-12)11(18)16-6-7-2-4-8(13)5-3-7/h2-5H,6,14H2,1H3,(H,15,17)(H,16,18). The van der Waals surface area contributed by atoms with Gasteiger partial charge in [0, 0.05) is 18.6 Å². The molecule has 0 fully saturated rings. The molecule has 4 N–H and O–H groups in total. The van der Waals surface area contributed by atoms with Gasteiger partial charge in [-0.2, -0.15) is 0 Å². The Hall–Kier alpha value is -1.79. The summed E-state index contributed by atoms with van der Waals surface area (Å²) in [6.07, 6.45) is 0. The molecule has 0 aliphatic rings. The van der Waals surface area contributed by atoms with E-state index >= 15 is 0 Å². The first kappa shape index (κ1) is 13.6. The summed E-state index contributed by atoms with van der Waals surface area (Å²) in [7, 11) is 1.73. The lowest BCUT2D eigenvalue weighted by atomic mass is 10.2. The number of hydrogen-bond donors (Lipinski definition) is 3. The predicted molar refractivity (Wildman–Crippen MR) is 78.7 cm³/mol. The molecule has 0 saturated heterocycles. The van der Waals surface area contributed by atoms with Gasteiger partial charge in [-0.3, -0.25) is 4.79 Å². The van der Waals surface area contributed by atoms with Gasteiger partial charge in [0.2, 0.25) is 0 Å². The minimum absolute atomic E-state index is 0.230. The molecule has 0 unspecified atom stereocenters. The third-order valence-electron chi connectivity index (χ3n) is 2.44. The van der Waals surface area contributed by atoms with Crippen LogP contribution in [0.25, 0.3) is 0 Å². The molecular formula is C12H13ClN4OS. The van der Waals surface area contributed by atoms with Crippen molar-refractivity contribution in [3.05, 3.63) is 39.7 Å². The molecule has 0 radical (unpaired) electrons. The molecule has 0 spiro atoms. The Kier molecular flexibility index (Phi) is 4.24. The highest BCUT2D eigenvalue weighted by molar-refractivity contribution is 7.18. The third kappa shape index (κ3) is 3.36. The molecule has 0 aliphatic carbocycles. The lowest BCUT2D eigenvalue weighted by Gasteiger charge is -2.04. The van der Waals surface area contributed by atoms with Crippen molar-refractivity contribution in [1.29, 1.82) is 0 Å². The van der Waals surface area contributed by atoms with Crippen LogP contribution in [0.3, 0.4) is 0 Å². The van der Waals surface area contributed by atoms with Gasteiger partial charge < -0.3 is 16.4 Å². The zero-order chi connectivity index (χ0) is 13.8. The molecule has 0 aliphatic heterocycles. The molecule has 1 aromatic heterocycles. The lowest BCUT2D eigenvalue weighted by molar-refractivity contribution is 0.0955. The van der Waals surface area contributed by atoms with Crippen LogP contribution in [-0.2, 0) is 6.54 Å². The first-order chi connectivity index (χ1) is 9.10. The molecular weight excluding hydrogens is 284 g/mol. The van der Waals surface area contributed by atoms with Crippen molar-refractivity contribution in [3.63, 3.8) is 0 Å². The van der Waals surface area contributed by atoms with Crippen LogP contribution in [-0.4, -0.2) is 17.9 Å². The Morgan fingerprint density at radius 2 is 2.11 bits per heavy atom.